The molecule has 110 valence electrons. The van der Waals surface area contributed by atoms with Gasteiger partial charge < -0.3 is 9.52 Å². The third kappa shape index (κ3) is 2.71. The third-order valence-electron chi connectivity index (χ3n) is 3.00. The summed E-state index contributed by atoms with van der Waals surface area (Å²) in [7, 11) is 0. The molecule has 1 aromatic heterocycles. The van der Waals surface area contributed by atoms with E-state index >= 15 is 0 Å². The second-order valence-corrected chi connectivity index (χ2v) is 4.92. The number of aromatic nitrogens is 1. The lowest BCUT2D eigenvalue weighted by Gasteiger charge is -2.03. The molecule has 0 bridgehead atoms. The molecule has 6 heteroatoms. The van der Waals surface area contributed by atoms with Crippen LogP contribution in [0.5, 0.6) is 0 Å². The van der Waals surface area contributed by atoms with Crippen molar-refractivity contribution < 1.29 is 13.9 Å². The van der Waals surface area contributed by atoms with E-state index < -0.39 is 11.4 Å². The summed E-state index contributed by atoms with van der Waals surface area (Å²) in [5.41, 5.74) is -0.184. The molecule has 0 amide bonds. The monoisotopic (exact) mass is 317 g/mol. The Bertz CT molecular complexity index is 950. The van der Waals surface area contributed by atoms with Gasteiger partial charge in [-0.1, -0.05) is 23.7 Å². The van der Waals surface area contributed by atoms with E-state index in [0.29, 0.717) is 10.6 Å². The van der Waals surface area contributed by atoms with Crippen LogP contribution in [0.1, 0.15) is 11.3 Å². The molecule has 0 radical (unpaired) electrons. The topological polar surface area (TPSA) is 63.3 Å². The first-order valence-electron chi connectivity index (χ1n) is 6.30. The smallest absolute Gasteiger partial charge is 0.362 e. The zero-order chi connectivity index (χ0) is 15.7. The predicted octanol–water partition coefficient (Wildman–Crippen LogP) is 4.04. The van der Waals surface area contributed by atoms with E-state index in [4.69, 9.17) is 16.0 Å². The summed E-state index contributed by atoms with van der Waals surface area (Å²) in [6.07, 6.45) is 1.14. The van der Waals surface area contributed by atoms with E-state index in [-0.39, 0.29) is 22.6 Å². The highest BCUT2D eigenvalue weighted by atomic mass is 35.5. The van der Waals surface area contributed by atoms with Crippen molar-refractivity contribution in [3.8, 4) is 0 Å². The SMILES string of the molecule is O=c1oc2ccc(F)cc2nc1C=C(O)c1ccccc1Cl. The standard InChI is InChI=1S/C16H9ClFNO3/c17-11-4-2-1-3-10(11)14(20)8-13-16(21)22-15-6-5-9(18)7-12(15)19-13/h1-8,20H. The molecule has 0 spiro atoms. The zero-order valence-corrected chi connectivity index (χ0v) is 11.8. The molecular formula is C16H9ClFNO3. The normalized spacial score (nSPS) is 11.8. The molecule has 0 aliphatic heterocycles. The van der Waals surface area contributed by atoms with Crippen molar-refractivity contribution in [3.05, 3.63) is 75.0 Å². The Hall–Kier alpha value is -2.66. The maximum absolute atomic E-state index is 13.2. The van der Waals surface area contributed by atoms with Gasteiger partial charge in [-0.05, 0) is 24.3 Å². The number of halogens is 2. The van der Waals surface area contributed by atoms with Crippen LogP contribution in [0, 0.1) is 5.82 Å². The number of fused-ring (bicyclic) bond motifs is 1. The minimum atomic E-state index is -0.738. The van der Waals surface area contributed by atoms with Crippen molar-refractivity contribution >= 4 is 34.5 Å². The van der Waals surface area contributed by atoms with E-state index in [2.05, 4.69) is 4.98 Å². The molecule has 0 saturated heterocycles. The summed E-state index contributed by atoms with van der Waals surface area (Å²) in [5.74, 6) is -0.736. The lowest BCUT2D eigenvalue weighted by atomic mass is 10.1. The molecule has 0 fully saturated rings. The number of nitrogens with zero attached hydrogens (tertiary/aromatic N) is 1. The van der Waals surface area contributed by atoms with Crippen LogP contribution in [0.3, 0.4) is 0 Å². The number of hydrogen-bond acceptors (Lipinski definition) is 4. The van der Waals surface area contributed by atoms with E-state index in [9.17, 15) is 14.3 Å². The van der Waals surface area contributed by atoms with Gasteiger partial charge in [-0.15, -0.1) is 0 Å². The molecule has 0 saturated carbocycles. The quantitative estimate of drug-likeness (QED) is 0.725. The Morgan fingerprint density at radius 1 is 1.27 bits per heavy atom. The van der Waals surface area contributed by atoms with Gasteiger partial charge in [0.15, 0.2) is 11.3 Å². The number of aliphatic hydroxyl groups is 1. The van der Waals surface area contributed by atoms with Gasteiger partial charge >= 0.3 is 5.63 Å². The fourth-order valence-corrected chi connectivity index (χ4v) is 2.19. The summed E-state index contributed by atoms with van der Waals surface area (Å²) in [6.45, 7) is 0. The maximum atomic E-state index is 13.2. The average Bonchev–Trinajstić information content (AvgIpc) is 2.49. The van der Waals surface area contributed by atoms with Crippen molar-refractivity contribution in [3.63, 3.8) is 0 Å². The van der Waals surface area contributed by atoms with E-state index in [1.54, 1.807) is 24.3 Å². The van der Waals surface area contributed by atoms with Gasteiger partial charge in [0.25, 0.3) is 0 Å². The molecule has 1 N–H and O–H groups in total. The third-order valence-corrected chi connectivity index (χ3v) is 3.33. The summed E-state index contributed by atoms with van der Waals surface area (Å²) in [4.78, 5) is 15.9. The van der Waals surface area contributed by atoms with Gasteiger partial charge in [-0.2, -0.15) is 0 Å². The molecule has 0 unspecified atom stereocenters. The molecule has 0 aliphatic rings. The number of rotatable bonds is 2. The van der Waals surface area contributed by atoms with Crippen LogP contribution in [-0.4, -0.2) is 10.1 Å². The van der Waals surface area contributed by atoms with Crippen molar-refractivity contribution in [2.24, 2.45) is 0 Å². The highest BCUT2D eigenvalue weighted by Crippen LogP contribution is 2.23. The molecule has 2 aromatic carbocycles. The van der Waals surface area contributed by atoms with Gasteiger partial charge in [0.2, 0.25) is 0 Å². The highest BCUT2D eigenvalue weighted by molar-refractivity contribution is 6.32. The van der Waals surface area contributed by atoms with E-state index in [0.717, 1.165) is 12.1 Å². The predicted molar refractivity (Wildman–Crippen MR) is 82.2 cm³/mol. The maximum Gasteiger partial charge on any atom is 0.362 e. The first-order chi connectivity index (χ1) is 10.5. The van der Waals surface area contributed by atoms with Crippen LogP contribution >= 0.6 is 11.6 Å². The molecule has 4 nitrogen and oxygen atoms in total. The van der Waals surface area contributed by atoms with Crippen LogP contribution < -0.4 is 5.63 Å². The Kier molecular flexibility index (Phi) is 3.65. The number of aliphatic hydroxyl groups excluding tert-OH is 1. The van der Waals surface area contributed by atoms with Crippen molar-refractivity contribution in [1.82, 2.24) is 4.98 Å². The van der Waals surface area contributed by atoms with Gasteiger partial charge in [0.1, 0.15) is 17.1 Å². The average molecular weight is 318 g/mol. The Labute approximate surface area is 129 Å². The molecule has 0 atom stereocenters. The lowest BCUT2D eigenvalue weighted by Crippen LogP contribution is -2.06. The van der Waals surface area contributed by atoms with Crippen LogP contribution in [0.15, 0.2) is 51.7 Å². The van der Waals surface area contributed by atoms with Gasteiger partial charge in [-0.3, -0.25) is 0 Å². The Morgan fingerprint density at radius 3 is 2.82 bits per heavy atom. The summed E-state index contributed by atoms with van der Waals surface area (Å²) in [6, 6.07) is 10.2. The molecule has 1 heterocycles. The number of benzene rings is 2. The van der Waals surface area contributed by atoms with Gasteiger partial charge in [0.05, 0.1) is 5.02 Å². The van der Waals surface area contributed by atoms with Crippen LogP contribution in [-0.2, 0) is 0 Å². The first-order valence-corrected chi connectivity index (χ1v) is 6.68. The minimum Gasteiger partial charge on any atom is -0.507 e. The molecule has 22 heavy (non-hydrogen) atoms. The largest absolute Gasteiger partial charge is 0.507 e. The fourth-order valence-electron chi connectivity index (χ4n) is 1.96. The Morgan fingerprint density at radius 2 is 2.05 bits per heavy atom. The summed E-state index contributed by atoms with van der Waals surface area (Å²) >= 11 is 5.97. The second-order valence-electron chi connectivity index (χ2n) is 4.51. The summed E-state index contributed by atoms with van der Waals surface area (Å²) < 4.78 is 18.2. The van der Waals surface area contributed by atoms with Crippen LogP contribution in [0.2, 0.25) is 5.02 Å². The molecule has 0 aliphatic carbocycles. The van der Waals surface area contributed by atoms with Gasteiger partial charge in [0, 0.05) is 17.7 Å². The van der Waals surface area contributed by atoms with Gasteiger partial charge in [-0.25, -0.2) is 14.2 Å². The zero-order valence-electron chi connectivity index (χ0n) is 11.1. The fraction of sp³-hybridized carbons (Fsp3) is 0. The summed E-state index contributed by atoms with van der Waals surface area (Å²) in [5, 5.41) is 10.4. The highest BCUT2D eigenvalue weighted by Gasteiger charge is 2.10. The second kappa shape index (κ2) is 5.61. The number of hydrogen-bond donors (Lipinski definition) is 1. The van der Waals surface area contributed by atoms with Crippen molar-refractivity contribution in [2.45, 2.75) is 0 Å². The lowest BCUT2D eigenvalue weighted by molar-refractivity contribution is 0.514. The van der Waals surface area contributed by atoms with E-state index in [1.807, 2.05) is 0 Å². The minimum absolute atomic E-state index is 0.143. The Balaban J connectivity index is 2.14. The molecule has 3 aromatic rings. The van der Waals surface area contributed by atoms with Crippen LogP contribution in [0.4, 0.5) is 4.39 Å². The molecular weight excluding hydrogens is 309 g/mol. The van der Waals surface area contributed by atoms with Crippen LogP contribution in [0.25, 0.3) is 22.9 Å². The van der Waals surface area contributed by atoms with Crippen molar-refractivity contribution in [2.75, 3.05) is 0 Å². The van der Waals surface area contributed by atoms with E-state index in [1.165, 1.54) is 12.1 Å². The van der Waals surface area contributed by atoms with Crippen molar-refractivity contribution in [1.29, 1.82) is 0 Å². The first kappa shape index (κ1) is 14.3. The molecule has 3 rings (SSSR count).